The fourth-order valence-electron chi connectivity index (χ4n) is 2.77. The predicted molar refractivity (Wildman–Crippen MR) is 87.7 cm³/mol. The van der Waals surface area contributed by atoms with E-state index in [0.29, 0.717) is 0 Å². The normalized spacial score (nSPS) is 20.2. The highest BCUT2D eigenvalue weighted by atomic mass is 16.3. The van der Waals surface area contributed by atoms with Crippen molar-refractivity contribution in [2.24, 2.45) is 10.8 Å². The lowest BCUT2D eigenvalue weighted by Crippen LogP contribution is -2.54. The van der Waals surface area contributed by atoms with Crippen LogP contribution in [0.15, 0.2) is 47.7 Å². The minimum Gasteiger partial charge on any atom is -0.507 e. The molecule has 1 aliphatic rings. The lowest BCUT2D eigenvalue weighted by Gasteiger charge is -2.37. The van der Waals surface area contributed by atoms with E-state index >= 15 is 0 Å². The molecule has 4 nitrogen and oxygen atoms in total. The summed E-state index contributed by atoms with van der Waals surface area (Å²) in [6.07, 6.45) is 2.93. The third kappa shape index (κ3) is 2.77. The summed E-state index contributed by atoms with van der Waals surface area (Å²) >= 11 is 0. The van der Waals surface area contributed by atoms with Crippen LogP contribution in [0.5, 0.6) is 0 Å². The van der Waals surface area contributed by atoms with Crippen LogP contribution in [-0.2, 0) is 14.4 Å². The van der Waals surface area contributed by atoms with Crippen molar-refractivity contribution in [3.63, 3.8) is 0 Å². The second kappa shape index (κ2) is 5.61. The Balaban J connectivity index is 2.51. The van der Waals surface area contributed by atoms with Crippen molar-refractivity contribution in [2.75, 3.05) is 0 Å². The maximum Gasteiger partial charge on any atom is 0.183 e. The van der Waals surface area contributed by atoms with Crippen molar-refractivity contribution in [1.82, 2.24) is 0 Å². The van der Waals surface area contributed by atoms with Gasteiger partial charge in [-0.2, -0.15) is 0 Å². The molecule has 0 spiro atoms. The molecule has 0 saturated heterocycles. The number of ketones is 3. The molecule has 1 aromatic carbocycles. The Morgan fingerprint density at radius 1 is 0.913 bits per heavy atom. The quantitative estimate of drug-likeness (QED) is 0.394. The third-order valence-corrected chi connectivity index (χ3v) is 4.21. The Hall–Kier alpha value is -2.49. The van der Waals surface area contributed by atoms with Gasteiger partial charge in [0.1, 0.15) is 11.3 Å². The van der Waals surface area contributed by atoms with E-state index < -0.39 is 33.9 Å². The first-order chi connectivity index (χ1) is 10.6. The molecule has 0 unspecified atom stereocenters. The Labute approximate surface area is 135 Å². The van der Waals surface area contributed by atoms with Crippen molar-refractivity contribution in [2.45, 2.75) is 27.7 Å². The number of hydrogen-bond donors (Lipinski definition) is 1. The van der Waals surface area contributed by atoms with Crippen molar-refractivity contribution in [3.8, 4) is 0 Å². The summed E-state index contributed by atoms with van der Waals surface area (Å²) in [5.41, 5.74) is -2.14. The Kier molecular flexibility index (Phi) is 4.12. The van der Waals surface area contributed by atoms with Crippen LogP contribution >= 0.6 is 0 Å². The topological polar surface area (TPSA) is 71.4 Å². The molecule has 0 amide bonds. The molecule has 0 aromatic heterocycles. The average Bonchev–Trinajstić information content (AvgIpc) is 2.51. The number of allylic oxidation sites excluding steroid dienone is 2. The zero-order valence-corrected chi connectivity index (χ0v) is 13.7. The van der Waals surface area contributed by atoms with Crippen LogP contribution in [0.3, 0.4) is 0 Å². The Bertz CT molecular complexity index is 702. The average molecular weight is 312 g/mol. The molecule has 0 radical (unpaired) electrons. The number of aliphatic hydroxyl groups excluding tert-OH is 1. The monoisotopic (exact) mass is 312 g/mol. The molecule has 1 N–H and O–H groups in total. The second-order valence-electron chi connectivity index (χ2n) is 6.74. The molecular weight excluding hydrogens is 292 g/mol. The van der Waals surface area contributed by atoms with E-state index in [0.717, 1.165) is 5.56 Å². The van der Waals surface area contributed by atoms with E-state index in [1.165, 1.54) is 33.8 Å². The van der Waals surface area contributed by atoms with Gasteiger partial charge in [0.2, 0.25) is 0 Å². The standard InChI is InChI=1S/C19H20O4/c1-18(2)15(21)14(16(22)19(3,4)17(18)23)13(20)11-10-12-8-6-5-7-9-12/h5-11,20H,1-4H3. The maximum absolute atomic E-state index is 12.5. The minimum absolute atomic E-state index is 0.299. The third-order valence-electron chi connectivity index (χ3n) is 4.21. The highest BCUT2D eigenvalue weighted by molar-refractivity contribution is 6.38. The molecule has 120 valence electrons. The van der Waals surface area contributed by atoms with Crippen molar-refractivity contribution in [1.29, 1.82) is 0 Å². The Morgan fingerprint density at radius 3 is 1.87 bits per heavy atom. The first-order valence-corrected chi connectivity index (χ1v) is 7.41. The number of rotatable bonds is 2. The van der Waals surface area contributed by atoms with Gasteiger partial charge >= 0.3 is 0 Å². The summed E-state index contributed by atoms with van der Waals surface area (Å²) in [6, 6.07) is 9.20. The van der Waals surface area contributed by atoms with Gasteiger partial charge < -0.3 is 5.11 Å². The van der Waals surface area contributed by atoms with E-state index in [1.807, 2.05) is 30.3 Å². The molecule has 0 bridgehead atoms. The molecule has 23 heavy (non-hydrogen) atoms. The summed E-state index contributed by atoms with van der Waals surface area (Å²) in [5.74, 6) is -2.11. The van der Waals surface area contributed by atoms with Crippen LogP contribution in [0.4, 0.5) is 0 Å². The van der Waals surface area contributed by atoms with E-state index in [4.69, 9.17) is 0 Å². The number of hydrogen-bond acceptors (Lipinski definition) is 4. The molecule has 1 saturated carbocycles. The van der Waals surface area contributed by atoms with Gasteiger partial charge in [-0.3, -0.25) is 14.4 Å². The highest BCUT2D eigenvalue weighted by Crippen LogP contribution is 2.41. The molecule has 1 fully saturated rings. The number of Topliss-reactive ketones (excluding diaryl/α,β-unsaturated/α-hetero) is 3. The number of benzene rings is 1. The van der Waals surface area contributed by atoms with Gasteiger partial charge in [0.05, 0.1) is 10.8 Å². The molecule has 2 rings (SSSR count). The predicted octanol–water partition coefficient (Wildman–Crippen LogP) is 3.29. The lowest BCUT2D eigenvalue weighted by molar-refractivity contribution is -0.151. The van der Waals surface area contributed by atoms with Gasteiger partial charge in [-0.1, -0.05) is 36.4 Å². The fraction of sp³-hybridized carbons (Fsp3) is 0.316. The summed E-state index contributed by atoms with van der Waals surface area (Å²) in [5, 5.41) is 10.3. The van der Waals surface area contributed by atoms with Crippen molar-refractivity contribution < 1.29 is 19.5 Å². The first kappa shape index (κ1) is 16.9. The lowest BCUT2D eigenvalue weighted by atomic mass is 9.60. The van der Waals surface area contributed by atoms with Gasteiger partial charge in [-0.25, -0.2) is 0 Å². The van der Waals surface area contributed by atoms with Crippen LogP contribution < -0.4 is 0 Å². The van der Waals surface area contributed by atoms with Crippen LogP contribution in [0.25, 0.3) is 6.08 Å². The molecule has 1 aliphatic carbocycles. The fourth-order valence-corrected chi connectivity index (χ4v) is 2.77. The van der Waals surface area contributed by atoms with Crippen LogP contribution in [0, 0.1) is 10.8 Å². The van der Waals surface area contributed by atoms with Gasteiger partial charge in [-0.15, -0.1) is 0 Å². The van der Waals surface area contributed by atoms with E-state index in [-0.39, 0.29) is 5.57 Å². The zero-order chi connectivity index (χ0) is 17.4. The molecule has 1 aromatic rings. The zero-order valence-electron chi connectivity index (χ0n) is 13.7. The van der Waals surface area contributed by atoms with Crippen LogP contribution in [-0.4, -0.2) is 22.5 Å². The highest BCUT2D eigenvalue weighted by Gasteiger charge is 2.56. The van der Waals surface area contributed by atoms with E-state index in [9.17, 15) is 19.5 Å². The Morgan fingerprint density at radius 2 is 1.39 bits per heavy atom. The molecular formula is C19H20O4. The van der Waals surface area contributed by atoms with Crippen LogP contribution in [0.2, 0.25) is 0 Å². The smallest absolute Gasteiger partial charge is 0.183 e. The first-order valence-electron chi connectivity index (χ1n) is 7.41. The largest absolute Gasteiger partial charge is 0.507 e. The van der Waals surface area contributed by atoms with E-state index in [2.05, 4.69) is 0 Å². The second-order valence-corrected chi connectivity index (χ2v) is 6.74. The van der Waals surface area contributed by atoms with Gasteiger partial charge in [0, 0.05) is 0 Å². The summed E-state index contributed by atoms with van der Waals surface area (Å²) in [6.45, 7) is 5.94. The molecule has 0 atom stereocenters. The van der Waals surface area contributed by atoms with Crippen LogP contribution in [0.1, 0.15) is 33.3 Å². The van der Waals surface area contributed by atoms with Gasteiger partial charge in [0.15, 0.2) is 17.3 Å². The maximum atomic E-state index is 12.5. The van der Waals surface area contributed by atoms with E-state index in [1.54, 1.807) is 6.08 Å². The number of carbonyl (C=O) groups excluding carboxylic acids is 3. The summed E-state index contributed by atoms with van der Waals surface area (Å²) in [4.78, 5) is 37.4. The van der Waals surface area contributed by atoms with Gasteiger partial charge in [0.25, 0.3) is 0 Å². The minimum atomic E-state index is -1.33. The number of carbonyl (C=O) groups is 3. The summed E-state index contributed by atoms with van der Waals surface area (Å²) < 4.78 is 0. The van der Waals surface area contributed by atoms with Gasteiger partial charge in [-0.05, 0) is 39.3 Å². The van der Waals surface area contributed by atoms with Crippen molar-refractivity contribution in [3.05, 3.63) is 53.3 Å². The molecule has 0 heterocycles. The number of aliphatic hydroxyl groups is 1. The molecule has 0 aliphatic heterocycles. The van der Waals surface area contributed by atoms with Crippen molar-refractivity contribution >= 4 is 23.4 Å². The summed E-state index contributed by atoms with van der Waals surface area (Å²) in [7, 11) is 0. The molecule has 4 heteroatoms. The SMILES string of the molecule is CC1(C)C(=O)C(=C(O)C=Cc2ccccc2)C(=O)C(C)(C)C1=O.